The number of halogens is 3. The summed E-state index contributed by atoms with van der Waals surface area (Å²) >= 11 is 9.00. The van der Waals surface area contributed by atoms with Gasteiger partial charge in [-0.25, -0.2) is 4.39 Å². The summed E-state index contributed by atoms with van der Waals surface area (Å²) in [5.74, 6) is -0.415. The molecule has 20 heavy (non-hydrogen) atoms. The zero-order valence-electron chi connectivity index (χ0n) is 10.1. The van der Waals surface area contributed by atoms with E-state index in [1.807, 2.05) is 0 Å². The minimum atomic E-state index is -0.608. The van der Waals surface area contributed by atoms with Gasteiger partial charge in [-0.1, -0.05) is 33.6 Å². The summed E-state index contributed by atoms with van der Waals surface area (Å²) in [6, 6.07) is 7.29. The molecular weight excluding hydrogens is 351 g/mol. The number of hydrogen-bond donors (Lipinski definition) is 1. The van der Waals surface area contributed by atoms with Crippen molar-refractivity contribution in [1.82, 2.24) is 0 Å². The fraction of sp³-hybridized carbons (Fsp3) is 0.0769. The Hall–Kier alpha value is -1.66. The van der Waals surface area contributed by atoms with Crippen LogP contribution in [0.3, 0.4) is 0 Å². The summed E-state index contributed by atoms with van der Waals surface area (Å²) in [4.78, 5) is 10.3. The molecule has 0 atom stereocenters. The van der Waals surface area contributed by atoms with Gasteiger partial charge in [0.2, 0.25) is 0 Å². The normalized spacial score (nSPS) is 10.6. The number of nitro benzene ring substituents is 1. The quantitative estimate of drug-likeness (QED) is 0.504. The Kier molecular flexibility index (Phi) is 4.25. The predicted molar refractivity (Wildman–Crippen MR) is 79.4 cm³/mol. The van der Waals surface area contributed by atoms with Crippen LogP contribution in [-0.2, 0) is 6.42 Å². The lowest BCUT2D eigenvalue weighted by molar-refractivity contribution is -0.383. The molecule has 0 fully saturated rings. The topological polar surface area (TPSA) is 69.2 Å². The first-order valence-electron chi connectivity index (χ1n) is 5.54. The van der Waals surface area contributed by atoms with Gasteiger partial charge in [0.05, 0.1) is 4.92 Å². The van der Waals surface area contributed by atoms with Gasteiger partial charge < -0.3 is 5.73 Å². The lowest BCUT2D eigenvalue weighted by Gasteiger charge is -2.08. The van der Waals surface area contributed by atoms with Crippen molar-refractivity contribution in [2.45, 2.75) is 6.42 Å². The number of benzene rings is 2. The molecule has 0 bridgehead atoms. The van der Waals surface area contributed by atoms with Crippen molar-refractivity contribution in [3.63, 3.8) is 0 Å². The van der Waals surface area contributed by atoms with Crippen molar-refractivity contribution >= 4 is 38.9 Å². The highest BCUT2D eigenvalue weighted by atomic mass is 79.9. The summed E-state index contributed by atoms with van der Waals surface area (Å²) in [6.45, 7) is 0. The first-order valence-corrected chi connectivity index (χ1v) is 6.72. The number of nitrogens with two attached hydrogens (primary N) is 1. The Morgan fingerprint density at radius 3 is 2.60 bits per heavy atom. The molecule has 2 aromatic carbocycles. The molecule has 2 aromatic rings. The van der Waals surface area contributed by atoms with E-state index >= 15 is 0 Å². The molecule has 0 aliphatic carbocycles. The second-order valence-electron chi connectivity index (χ2n) is 4.17. The van der Waals surface area contributed by atoms with E-state index in [0.717, 1.165) is 0 Å². The van der Waals surface area contributed by atoms with E-state index in [0.29, 0.717) is 15.6 Å². The summed E-state index contributed by atoms with van der Waals surface area (Å²) in [5.41, 5.74) is 6.28. The predicted octanol–water partition coefficient (Wildman–Crippen LogP) is 4.32. The Morgan fingerprint density at radius 1 is 1.30 bits per heavy atom. The molecule has 2 rings (SSSR count). The van der Waals surface area contributed by atoms with E-state index in [9.17, 15) is 14.5 Å². The molecule has 0 radical (unpaired) electrons. The molecule has 0 aliphatic rings. The number of hydrogen-bond acceptors (Lipinski definition) is 3. The molecule has 0 heterocycles. The lowest BCUT2D eigenvalue weighted by Crippen LogP contribution is -2.02. The summed E-state index contributed by atoms with van der Waals surface area (Å²) in [7, 11) is 0. The van der Waals surface area contributed by atoms with E-state index in [-0.39, 0.29) is 22.8 Å². The molecule has 2 N–H and O–H groups in total. The maximum Gasteiger partial charge on any atom is 0.293 e. The van der Waals surface area contributed by atoms with E-state index in [1.54, 1.807) is 12.1 Å². The van der Waals surface area contributed by atoms with Crippen LogP contribution in [0.5, 0.6) is 0 Å². The van der Waals surface area contributed by atoms with Crippen LogP contribution in [0.2, 0.25) is 5.02 Å². The standard InChI is InChI=1S/C13H9BrClFN2O2/c14-9-2-1-7(11(16)5-9)3-8-4-10(15)6-12(13(8)17)18(19)20/h1-2,4-6H,3,17H2. The van der Waals surface area contributed by atoms with Crippen molar-refractivity contribution in [1.29, 1.82) is 0 Å². The van der Waals surface area contributed by atoms with Gasteiger partial charge >= 0.3 is 0 Å². The molecule has 0 spiro atoms. The smallest absolute Gasteiger partial charge is 0.293 e. The monoisotopic (exact) mass is 358 g/mol. The largest absolute Gasteiger partial charge is 0.393 e. The fourth-order valence-corrected chi connectivity index (χ4v) is 2.39. The number of nitro groups is 1. The van der Waals surface area contributed by atoms with Crippen LogP contribution >= 0.6 is 27.5 Å². The van der Waals surface area contributed by atoms with Crippen LogP contribution in [0.4, 0.5) is 15.8 Å². The molecule has 0 amide bonds. The van der Waals surface area contributed by atoms with Crippen LogP contribution in [0.25, 0.3) is 0 Å². The van der Waals surface area contributed by atoms with E-state index < -0.39 is 10.7 Å². The second kappa shape index (κ2) is 5.76. The molecule has 0 unspecified atom stereocenters. The SMILES string of the molecule is Nc1c(Cc2ccc(Br)cc2F)cc(Cl)cc1[N+](=O)[O-]. The maximum atomic E-state index is 13.8. The highest BCUT2D eigenvalue weighted by molar-refractivity contribution is 9.10. The van der Waals surface area contributed by atoms with Gasteiger partial charge in [-0.3, -0.25) is 10.1 Å². The molecule has 0 saturated heterocycles. The first-order chi connectivity index (χ1) is 9.38. The minimum absolute atomic E-state index is 0.00159. The zero-order chi connectivity index (χ0) is 14.9. The van der Waals surface area contributed by atoms with Crippen molar-refractivity contribution in [2.75, 3.05) is 5.73 Å². The van der Waals surface area contributed by atoms with Crippen LogP contribution in [0.1, 0.15) is 11.1 Å². The Morgan fingerprint density at radius 2 is 2.00 bits per heavy atom. The summed E-state index contributed by atoms with van der Waals surface area (Å²) in [5, 5.41) is 11.1. The molecule has 0 aromatic heterocycles. The van der Waals surface area contributed by atoms with Crippen LogP contribution in [-0.4, -0.2) is 4.92 Å². The number of nitrogen functional groups attached to an aromatic ring is 1. The third kappa shape index (κ3) is 3.08. The van der Waals surface area contributed by atoms with Crippen molar-refractivity contribution < 1.29 is 9.31 Å². The second-order valence-corrected chi connectivity index (χ2v) is 5.52. The summed E-state index contributed by atoms with van der Waals surface area (Å²) in [6.07, 6.45) is 0.131. The van der Waals surface area contributed by atoms with E-state index in [4.69, 9.17) is 17.3 Å². The fourth-order valence-electron chi connectivity index (χ4n) is 1.83. The van der Waals surface area contributed by atoms with Crippen molar-refractivity contribution in [2.24, 2.45) is 0 Å². The Balaban J connectivity index is 2.45. The Bertz CT molecular complexity index is 694. The van der Waals surface area contributed by atoms with Gasteiger partial charge in [-0.2, -0.15) is 0 Å². The van der Waals surface area contributed by atoms with Gasteiger partial charge in [0.1, 0.15) is 11.5 Å². The highest BCUT2D eigenvalue weighted by Gasteiger charge is 2.17. The minimum Gasteiger partial charge on any atom is -0.393 e. The molecule has 0 aliphatic heterocycles. The third-order valence-electron chi connectivity index (χ3n) is 2.80. The average Bonchev–Trinajstić information content (AvgIpc) is 2.36. The van der Waals surface area contributed by atoms with Crippen molar-refractivity contribution in [3.05, 3.63) is 66.9 Å². The maximum absolute atomic E-state index is 13.8. The summed E-state index contributed by atoms with van der Waals surface area (Å²) < 4.78 is 14.4. The third-order valence-corrected chi connectivity index (χ3v) is 3.51. The number of anilines is 1. The first kappa shape index (κ1) is 14.7. The van der Waals surface area contributed by atoms with Gasteiger partial charge in [-0.05, 0) is 29.3 Å². The van der Waals surface area contributed by atoms with E-state index in [1.165, 1.54) is 18.2 Å². The number of nitrogens with zero attached hydrogens (tertiary/aromatic N) is 1. The van der Waals surface area contributed by atoms with Crippen molar-refractivity contribution in [3.8, 4) is 0 Å². The molecule has 104 valence electrons. The van der Waals surface area contributed by atoms with Gasteiger partial charge in [0.15, 0.2) is 0 Å². The molecular formula is C13H9BrClFN2O2. The zero-order valence-corrected chi connectivity index (χ0v) is 12.4. The lowest BCUT2D eigenvalue weighted by atomic mass is 10.0. The number of rotatable bonds is 3. The van der Waals surface area contributed by atoms with Crippen LogP contribution < -0.4 is 5.73 Å². The molecule has 0 saturated carbocycles. The van der Waals surface area contributed by atoms with Crippen LogP contribution in [0, 0.1) is 15.9 Å². The van der Waals surface area contributed by atoms with Gasteiger partial charge in [0.25, 0.3) is 5.69 Å². The molecule has 7 heteroatoms. The average molecular weight is 360 g/mol. The molecule has 4 nitrogen and oxygen atoms in total. The van der Waals surface area contributed by atoms with Gasteiger partial charge in [0, 0.05) is 22.0 Å². The Labute approximate surface area is 127 Å². The van der Waals surface area contributed by atoms with Crippen LogP contribution in [0.15, 0.2) is 34.8 Å². The van der Waals surface area contributed by atoms with E-state index in [2.05, 4.69) is 15.9 Å². The van der Waals surface area contributed by atoms with Gasteiger partial charge in [-0.15, -0.1) is 0 Å². The highest BCUT2D eigenvalue weighted by Crippen LogP contribution is 2.31.